The number of hydrogen-bond acceptors (Lipinski definition) is 4. The molecule has 0 heterocycles. The van der Waals surface area contributed by atoms with Gasteiger partial charge in [0.05, 0.1) is 6.10 Å². The molecule has 3 aromatic carbocycles. The first-order valence-corrected chi connectivity index (χ1v) is 13.5. The molecule has 1 unspecified atom stereocenters. The van der Waals surface area contributed by atoms with Crippen molar-refractivity contribution >= 4 is 11.4 Å². The van der Waals surface area contributed by atoms with Crippen LogP contribution in [0.4, 0.5) is 26.3 Å². The molecule has 3 aromatic rings. The Balaban J connectivity index is 1.94. The first-order valence-electron chi connectivity index (χ1n) is 12.2. The van der Waals surface area contributed by atoms with Crippen LogP contribution in [0.3, 0.4) is 0 Å². The number of halogens is 6. The van der Waals surface area contributed by atoms with Crippen LogP contribution in [-0.4, -0.2) is 28.4 Å². The van der Waals surface area contributed by atoms with Crippen molar-refractivity contribution in [1.82, 2.24) is 4.72 Å². The summed E-state index contributed by atoms with van der Waals surface area (Å²) in [7, 11) is 0. The molecule has 11 heteroatoms. The lowest BCUT2D eigenvalue weighted by Crippen LogP contribution is -2.50. The SMILES string of the molecule is CC(C)[S+]([O-])N[C@@](Cc1ccccc1)(c1cc(F)cc(OC(F)(F)C(F)F)c1)c1ccc(F)c(OC2CC2)c1. The second-order valence-corrected chi connectivity index (χ2v) is 11.4. The fourth-order valence-corrected chi connectivity index (χ4v) is 4.90. The Hall–Kier alpha value is -2.89. The number of alkyl halides is 4. The zero-order chi connectivity index (χ0) is 28.4. The summed E-state index contributed by atoms with van der Waals surface area (Å²) in [5.41, 5.74) is -0.713. The van der Waals surface area contributed by atoms with E-state index in [0.29, 0.717) is 11.6 Å². The molecule has 0 radical (unpaired) electrons. The molecule has 0 spiro atoms. The highest BCUT2D eigenvalue weighted by molar-refractivity contribution is 7.90. The summed E-state index contributed by atoms with van der Waals surface area (Å²) in [4.78, 5) is 0. The van der Waals surface area contributed by atoms with Crippen molar-refractivity contribution < 1.29 is 40.4 Å². The van der Waals surface area contributed by atoms with Crippen LogP contribution in [-0.2, 0) is 23.3 Å². The van der Waals surface area contributed by atoms with E-state index in [-0.39, 0.29) is 29.4 Å². The Morgan fingerprint density at radius 2 is 1.67 bits per heavy atom. The molecular formula is C28H27F6NO3S. The topological polar surface area (TPSA) is 53.5 Å². The van der Waals surface area contributed by atoms with Gasteiger partial charge in [-0.05, 0) is 67.6 Å². The van der Waals surface area contributed by atoms with Gasteiger partial charge in [-0.2, -0.15) is 17.6 Å². The third-order valence-corrected chi connectivity index (χ3v) is 7.54. The van der Waals surface area contributed by atoms with E-state index in [1.165, 1.54) is 12.1 Å². The standard InChI is InChI=1S/C28H27F6NO3S/c1-17(2)39(36)35-27(16-18-6-4-3-5-7-18,19-8-11-24(30)25(14-19)37-22-9-10-22)20-12-21(29)15-23(13-20)38-28(33,34)26(31)32/h3-8,11-15,17,22,26,35H,9-10,16H2,1-2H3/t27-,39?/m1/s1. The lowest BCUT2D eigenvalue weighted by atomic mass is 9.78. The minimum Gasteiger partial charge on any atom is -0.598 e. The monoisotopic (exact) mass is 571 g/mol. The summed E-state index contributed by atoms with van der Waals surface area (Å²) in [6.45, 7) is 3.35. The molecule has 1 fully saturated rings. The summed E-state index contributed by atoms with van der Waals surface area (Å²) < 4.78 is 109. The van der Waals surface area contributed by atoms with Gasteiger partial charge in [0, 0.05) is 23.8 Å². The second kappa shape index (κ2) is 11.7. The molecule has 2 atom stereocenters. The van der Waals surface area contributed by atoms with Gasteiger partial charge >= 0.3 is 12.5 Å². The molecule has 4 rings (SSSR count). The average molecular weight is 572 g/mol. The Labute approximate surface area is 225 Å². The van der Waals surface area contributed by atoms with E-state index in [1.807, 2.05) is 0 Å². The van der Waals surface area contributed by atoms with E-state index in [1.54, 1.807) is 44.2 Å². The number of hydrogen-bond donors (Lipinski definition) is 1. The van der Waals surface area contributed by atoms with Crippen LogP contribution in [0, 0.1) is 11.6 Å². The van der Waals surface area contributed by atoms with Gasteiger partial charge < -0.3 is 14.0 Å². The molecule has 39 heavy (non-hydrogen) atoms. The molecule has 1 aliphatic rings. The van der Waals surface area contributed by atoms with Crippen LogP contribution < -0.4 is 14.2 Å². The van der Waals surface area contributed by atoms with E-state index in [2.05, 4.69) is 9.46 Å². The maximum atomic E-state index is 14.9. The molecule has 1 N–H and O–H groups in total. The molecule has 0 aliphatic heterocycles. The fraction of sp³-hybridized carbons (Fsp3) is 0.357. The minimum absolute atomic E-state index is 0.00503. The maximum absolute atomic E-state index is 14.9. The average Bonchev–Trinajstić information content (AvgIpc) is 3.69. The van der Waals surface area contributed by atoms with E-state index < -0.39 is 52.1 Å². The third kappa shape index (κ3) is 7.01. The Morgan fingerprint density at radius 3 is 2.28 bits per heavy atom. The van der Waals surface area contributed by atoms with Gasteiger partial charge in [-0.25, -0.2) is 8.78 Å². The van der Waals surface area contributed by atoms with Crippen molar-refractivity contribution in [2.24, 2.45) is 0 Å². The number of benzene rings is 3. The van der Waals surface area contributed by atoms with Crippen molar-refractivity contribution in [3.8, 4) is 11.5 Å². The van der Waals surface area contributed by atoms with Crippen molar-refractivity contribution in [2.75, 3.05) is 0 Å². The molecule has 210 valence electrons. The van der Waals surface area contributed by atoms with Gasteiger partial charge in [0.15, 0.2) is 11.6 Å². The lowest BCUT2D eigenvalue weighted by Gasteiger charge is -2.37. The third-order valence-electron chi connectivity index (χ3n) is 6.13. The largest absolute Gasteiger partial charge is 0.598 e. The van der Waals surface area contributed by atoms with Crippen LogP contribution in [0.5, 0.6) is 11.5 Å². The highest BCUT2D eigenvalue weighted by Gasteiger charge is 2.45. The summed E-state index contributed by atoms with van der Waals surface area (Å²) >= 11 is -1.78. The van der Waals surface area contributed by atoms with Gasteiger partial charge in [0.2, 0.25) is 0 Å². The van der Waals surface area contributed by atoms with Gasteiger partial charge in [0.25, 0.3) is 0 Å². The fourth-order valence-electron chi connectivity index (χ4n) is 4.01. The maximum Gasteiger partial charge on any atom is 0.461 e. The van der Waals surface area contributed by atoms with Crippen molar-refractivity contribution in [3.63, 3.8) is 0 Å². The van der Waals surface area contributed by atoms with Crippen LogP contribution in [0.25, 0.3) is 0 Å². The summed E-state index contributed by atoms with van der Waals surface area (Å²) in [5.74, 6) is -2.65. The molecule has 1 aliphatic carbocycles. The lowest BCUT2D eigenvalue weighted by molar-refractivity contribution is -0.253. The zero-order valence-corrected chi connectivity index (χ0v) is 21.9. The van der Waals surface area contributed by atoms with Crippen LogP contribution in [0.1, 0.15) is 43.4 Å². The van der Waals surface area contributed by atoms with E-state index in [4.69, 9.17) is 4.74 Å². The van der Waals surface area contributed by atoms with Gasteiger partial charge in [0.1, 0.15) is 22.4 Å². The summed E-state index contributed by atoms with van der Waals surface area (Å²) in [6.07, 6.45) is -7.72. The predicted molar refractivity (Wildman–Crippen MR) is 135 cm³/mol. The zero-order valence-electron chi connectivity index (χ0n) is 21.1. The summed E-state index contributed by atoms with van der Waals surface area (Å²) in [5, 5.41) is -0.449. The summed E-state index contributed by atoms with van der Waals surface area (Å²) in [6, 6.07) is 15.2. The molecule has 0 aromatic heterocycles. The Bertz CT molecular complexity index is 1280. The first-order chi connectivity index (χ1) is 18.4. The smallest absolute Gasteiger partial charge is 0.461 e. The van der Waals surface area contributed by atoms with Crippen molar-refractivity contribution in [2.45, 2.75) is 62.5 Å². The Kier molecular flexibility index (Phi) is 8.72. The predicted octanol–water partition coefficient (Wildman–Crippen LogP) is 6.89. The molecule has 0 saturated heterocycles. The number of nitrogens with one attached hydrogen (secondary N) is 1. The minimum atomic E-state index is -4.89. The van der Waals surface area contributed by atoms with Crippen LogP contribution in [0.2, 0.25) is 0 Å². The van der Waals surface area contributed by atoms with Gasteiger partial charge in [-0.3, -0.25) is 0 Å². The molecule has 1 saturated carbocycles. The molecule has 0 bridgehead atoms. The molecular weight excluding hydrogens is 544 g/mol. The first kappa shape index (κ1) is 29.1. The number of ether oxygens (including phenoxy) is 2. The van der Waals surface area contributed by atoms with Crippen molar-refractivity contribution in [3.05, 3.63) is 95.1 Å². The van der Waals surface area contributed by atoms with E-state index >= 15 is 0 Å². The van der Waals surface area contributed by atoms with Crippen molar-refractivity contribution in [1.29, 1.82) is 0 Å². The van der Waals surface area contributed by atoms with Gasteiger partial charge in [-0.1, -0.05) is 36.4 Å². The van der Waals surface area contributed by atoms with E-state index in [0.717, 1.165) is 31.0 Å². The molecule has 4 nitrogen and oxygen atoms in total. The highest BCUT2D eigenvalue weighted by atomic mass is 32.2. The van der Waals surface area contributed by atoms with Crippen LogP contribution >= 0.6 is 0 Å². The highest BCUT2D eigenvalue weighted by Crippen LogP contribution is 2.40. The van der Waals surface area contributed by atoms with Crippen LogP contribution in [0.15, 0.2) is 66.7 Å². The van der Waals surface area contributed by atoms with Gasteiger partial charge in [-0.15, -0.1) is 4.72 Å². The number of rotatable bonds is 12. The molecule has 0 amide bonds. The second-order valence-electron chi connectivity index (χ2n) is 9.62. The normalized spacial score (nSPS) is 16.3. The quantitative estimate of drug-likeness (QED) is 0.190. The van der Waals surface area contributed by atoms with E-state index in [9.17, 15) is 30.9 Å². The Morgan fingerprint density at radius 1 is 0.974 bits per heavy atom.